The van der Waals surface area contributed by atoms with E-state index in [9.17, 15) is 0 Å². The minimum atomic E-state index is 0.133. The van der Waals surface area contributed by atoms with E-state index < -0.39 is 0 Å². The normalized spacial score (nSPS) is 10.5. The molecule has 0 radical (unpaired) electrons. The third-order valence-electron chi connectivity index (χ3n) is 2.51. The molecule has 0 atom stereocenters. The fourth-order valence-electron chi connectivity index (χ4n) is 1.64. The number of nitrogens with zero attached hydrogens (tertiary/aromatic N) is 1. The highest BCUT2D eigenvalue weighted by atomic mass is 32.1. The number of thiazole rings is 1. The standard InChI is InChI=1S/C13H15NO2S/c1-9-3-4-11(12(7-9)16-2)13-14-10(5-6-15)8-17-13/h3-4,7-8,15H,5-6H2,1-2H3. The number of hydrogen-bond acceptors (Lipinski definition) is 4. The van der Waals surface area contributed by atoms with Crippen molar-refractivity contribution in [2.75, 3.05) is 13.7 Å². The second-order valence-electron chi connectivity index (χ2n) is 3.82. The van der Waals surface area contributed by atoms with Gasteiger partial charge in [0, 0.05) is 18.4 Å². The fourth-order valence-corrected chi connectivity index (χ4v) is 2.52. The average Bonchev–Trinajstić information content (AvgIpc) is 2.78. The Morgan fingerprint density at radius 1 is 1.41 bits per heavy atom. The highest BCUT2D eigenvalue weighted by Crippen LogP contribution is 2.32. The van der Waals surface area contributed by atoms with E-state index in [1.54, 1.807) is 18.4 Å². The molecular weight excluding hydrogens is 234 g/mol. The third-order valence-corrected chi connectivity index (χ3v) is 3.43. The van der Waals surface area contributed by atoms with Gasteiger partial charge in [-0.3, -0.25) is 0 Å². The number of ether oxygens (including phenoxy) is 1. The van der Waals surface area contributed by atoms with E-state index in [1.165, 1.54) is 0 Å². The largest absolute Gasteiger partial charge is 0.496 e. The Morgan fingerprint density at radius 3 is 2.94 bits per heavy atom. The highest BCUT2D eigenvalue weighted by molar-refractivity contribution is 7.13. The summed E-state index contributed by atoms with van der Waals surface area (Å²) in [6.07, 6.45) is 0.602. The van der Waals surface area contributed by atoms with Gasteiger partial charge in [-0.25, -0.2) is 4.98 Å². The number of benzene rings is 1. The number of rotatable bonds is 4. The van der Waals surface area contributed by atoms with Crippen molar-refractivity contribution in [3.63, 3.8) is 0 Å². The fraction of sp³-hybridized carbons (Fsp3) is 0.308. The number of hydrogen-bond donors (Lipinski definition) is 1. The lowest BCUT2D eigenvalue weighted by molar-refractivity contribution is 0.298. The summed E-state index contributed by atoms with van der Waals surface area (Å²) < 4.78 is 5.37. The van der Waals surface area contributed by atoms with Gasteiger partial charge in [0.1, 0.15) is 10.8 Å². The molecule has 1 heterocycles. The molecule has 0 amide bonds. The van der Waals surface area contributed by atoms with Gasteiger partial charge in [-0.2, -0.15) is 0 Å². The maximum absolute atomic E-state index is 8.88. The molecule has 1 aromatic carbocycles. The van der Waals surface area contributed by atoms with Gasteiger partial charge >= 0.3 is 0 Å². The van der Waals surface area contributed by atoms with Crippen LogP contribution in [-0.2, 0) is 6.42 Å². The van der Waals surface area contributed by atoms with Crippen LogP contribution >= 0.6 is 11.3 Å². The molecule has 0 aliphatic heterocycles. The van der Waals surface area contributed by atoms with Crippen molar-refractivity contribution in [1.29, 1.82) is 0 Å². The molecule has 0 aliphatic rings. The monoisotopic (exact) mass is 249 g/mol. The molecule has 0 unspecified atom stereocenters. The lowest BCUT2D eigenvalue weighted by Gasteiger charge is -2.06. The van der Waals surface area contributed by atoms with Crippen LogP contribution in [0.2, 0.25) is 0 Å². The zero-order valence-electron chi connectivity index (χ0n) is 9.93. The van der Waals surface area contributed by atoms with Gasteiger partial charge < -0.3 is 9.84 Å². The van der Waals surface area contributed by atoms with Gasteiger partial charge in [-0.15, -0.1) is 11.3 Å². The van der Waals surface area contributed by atoms with Crippen LogP contribution in [0.1, 0.15) is 11.3 Å². The van der Waals surface area contributed by atoms with Crippen LogP contribution in [0.15, 0.2) is 23.6 Å². The van der Waals surface area contributed by atoms with Gasteiger partial charge in [-0.1, -0.05) is 6.07 Å². The third kappa shape index (κ3) is 2.65. The lowest BCUT2D eigenvalue weighted by atomic mass is 10.1. The number of aryl methyl sites for hydroxylation is 1. The van der Waals surface area contributed by atoms with Crippen LogP contribution in [0.25, 0.3) is 10.6 Å². The van der Waals surface area contributed by atoms with Crippen molar-refractivity contribution in [3.05, 3.63) is 34.8 Å². The summed E-state index contributed by atoms with van der Waals surface area (Å²) in [5, 5.41) is 11.8. The van der Waals surface area contributed by atoms with Crippen molar-refractivity contribution < 1.29 is 9.84 Å². The Kier molecular flexibility index (Phi) is 3.76. The predicted molar refractivity (Wildman–Crippen MR) is 69.6 cm³/mol. The van der Waals surface area contributed by atoms with Crippen molar-refractivity contribution in [3.8, 4) is 16.3 Å². The number of aliphatic hydroxyl groups excluding tert-OH is 1. The molecule has 0 saturated heterocycles. The average molecular weight is 249 g/mol. The molecule has 0 bridgehead atoms. The Bertz CT molecular complexity index is 508. The van der Waals surface area contributed by atoms with E-state index >= 15 is 0 Å². The van der Waals surface area contributed by atoms with Crippen LogP contribution in [0.4, 0.5) is 0 Å². The first-order valence-corrected chi connectivity index (χ1v) is 6.33. The van der Waals surface area contributed by atoms with E-state index in [4.69, 9.17) is 9.84 Å². The second kappa shape index (κ2) is 5.29. The molecule has 3 nitrogen and oxygen atoms in total. The second-order valence-corrected chi connectivity index (χ2v) is 4.68. The Hall–Kier alpha value is -1.39. The lowest BCUT2D eigenvalue weighted by Crippen LogP contribution is -1.91. The van der Waals surface area contributed by atoms with E-state index in [0.717, 1.165) is 27.6 Å². The summed E-state index contributed by atoms with van der Waals surface area (Å²) >= 11 is 1.58. The molecular formula is C13H15NO2S. The first-order valence-electron chi connectivity index (χ1n) is 5.45. The zero-order chi connectivity index (χ0) is 12.3. The number of aromatic nitrogens is 1. The molecule has 2 aromatic rings. The van der Waals surface area contributed by atoms with Crippen LogP contribution < -0.4 is 4.74 Å². The predicted octanol–water partition coefficient (Wildman–Crippen LogP) is 2.66. The van der Waals surface area contributed by atoms with Gasteiger partial charge in [0.25, 0.3) is 0 Å². The van der Waals surface area contributed by atoms with Crippen LogP contribution in [0, 0.1) is 6.92 Å². The molecule has 4 heteroatoms. The molecule has 90 valence electrons. The molecule has 0 saturated carbocycles. The van der Waals surface area contributed by atoms with Gasteiger partial charge in [-0.05, 0) is 24.6 Å². The maximum Gasteiger partial charge on any atom is 0.129 e. The summed E-state index contributed by atoms with van der Waals surface area (Å²) in [6.45, 7) is 2.17. The van der Waals surface area contributed by atoms with Gasteiger partial charge in [0.2, 0.25) is 0 Å². The SMILES string of the molecule is COc1cc(C)ccc1-c1nc(CCO)cs1. The minimum Gasteiger partial charge on any atom is -0.496 e. The van der Waals surface area contributed by atoms with Crippen molar-refractivity contribution in [2.24, 2.45) is 0 Å². The highest BCUT2D eigenvalue weighted by Gasteiger charge is 2.10. The minimum absolute atomic E-state index is 0.133. The summed E-state index contributed by atoms with van der Waals surface area (Å²) in [5.41, 5.74) is 3.10. The molecule has 1 N–H and O–H groups in total. The smallest absolute Gasteiger partial charge is 0.129 e. The van der Waals surface area contributed by atoms with Crippen LogP contribution in [-0.4, -0.2) is 23.8 Å². The zero-order valence-corrected chi connectivity index (χ0v) is 10.8. The summed E-state index contributed by atoms with van der Waals surface area (Å²) in [6, 6.07) is 6.07. The van der Waals surface area contributed by atoms with Crippen molar-refractivity contribution >= 4 is 11.3 Å². The summed E-state index contributed by atoms with van der Waals surface area (Å²) in [7, 11) is 1.67. The quantitative estimate of drug-likeness (QED) is 0.905. The molecule has 0 spiro atoms. The first-order chi connectivity index (χ1) is 8.24. The molecule has 17 heavy (non-hydrogen) atoms. The number of aliphatic hydroxyl groups is 1. The van der Waals surface area contributed by atoms with E-state index in [1.807, 2.05) is 30.5 Å². The summed E-state index contributed by atoms with van der Waals surface area (Å²) in [4.78, 5) is 4.49. The van der Waals surface area contributed by atoms with Gasteiger partial charge in [0.05, 0.1) is 18.4 Å². The van der Waals surface area contributed by atoms with Crippen LogP contribution in [0.5, 0.6) is 5.75 Å². The topological polar surface area (TPSA) is 42.4 Å². The van der Waals surface area contributed by atoms with Crippen molar-refractivity contribution in [1.82, 2.24) is 4.98 Å². The first kappa shape index (κ1) is 12.1. The summed E-state index contributed by atoms with van der Waals surface area (Å²) in [5.74, 6) is 0.842. The molecule has 2 rings (SSSR count). The Labute approximate surface area is 105 Å². The van der Waals surface area contributed by atoms with Gasteiger partial charge in [0.15, 0.2) is 0 Å². The van der Waals surface area contributed by atoms with E-state index in [0.29, 0.717) is 6.42 Å². The van der Waals surface area contributed by atoms with Crippen LogP contribution in [0.3, 0.4) is 0 Å². The number of methoxy groups -OCH3 is 1. The Morgan fingerprint density at radius 2 is 2.24 bits per heavy atom. The van der Waals surface area contributed by atoms with Crippen molar-refractivity contribution in [2.45, 2.75) is 13.3 Å². The molecule has 0 aliphatic carbocycles. The van der Waals surface area contributed by atoms with E-state index in [2.05, 4.69) is 4.98 Å². The Balaban J connectivity index is 2.37. The molecule has 1 aromatic heterocycles. The maximum atomic E-state index is 8.88. The molecule has 0 fully saturated rings. The van der Waals surface area contributed by atoms with E-state index in [-0.39, 0.29) is 6.61 Å².